The van der Waals surface area contributed by atoms with Crippen molar-refractivity contribution in [3.05, 3.63) is 106 Å². The lowest BCUT2D eigenvalue weighted by molar-refractivity contribution is -0.118. The van der Waals surface area contributed by atoms with E-state index in [-0.39, 0.29) is 37.2 Å². The molecule has 11 nitrogen and oxygen atoms in total. The van der Waals surface area contributed by atoms with Crippen LogP contribution in [0.2, 0.25) is 0 Å². The Morgan fingerprint density at radius 2 is 1.93 bits per heavy atom. The second kappa shape index (κ2) is 13.3. The Kier molecular flexibility index (Phi) is 9.32. The number of ether oxygens (including phenoxy) is 1. The maximum Gasteiger partial charge on any atom is 0.405 e. The van der Waals surface area contributed by atoms with Gasteiger partial charge in [0.25, 0.3) is 5.56 Å². The molecule has 1 unspecified atom stereocenters. The molecule has 4 rings (SSSR count). The molecule has 2 aromatic heterocycles. The number of nitrogens with two attached hydrogens (primary N) is 1. The van der Waals surface area contributed by atoms with Crippen molar-refractivity contribution in [2.75, 3.05) is 5.32 Å². The topological polar surface area (TPSA) is 169 Å². The SMILES string of the molecule is NC(=O)C=CCCC(NC(=O)O)C(=O)Nc1cccn(Cc2cc3cccc(OCc4ccc(F)cc4F)c3[nH]2)c1=O. The fourth-order valence-corrected chi connectivity index (χ4v) is 4.23. The van der Waals surface area contributed by atoms with E-state index in [9.17, 15) is 28.0 Å². The molecule has 0 saturated heterocycles. The number of anilines is 1. The summed E-state index contributed by atoms with van der Waals surface area (Å²) in [5.74, 6) is -2.39. The van der Waals surface area contributed by atoms with Gasteiger partial charge in [-0.1, -0.05) is 18.2 Å². The number of carboxylic acid groups (broad SMARTS) is 1. The number of allylic oxidation sites excluding steroid dienone is 1. The number of rotatable bonds is 12. The first-order chi connectivity index (χ1) is 20.1. The number of nitrogens with one attached hydrogen (secondary N) is 3. The number of halogens is 2. The van der Waals surface area contributed by atoms with Crippen LogP contribution in [-0.2, 0) is 22.7 Å². The largest absolute Gasteiger partial charge is 0.487 e. The van der Waals surface area contributed by atoms with Crippen molar-refractivity contribution in [1.29, 1.82) is 0 Å². The van der Waals surface area contributed by atoms with Gasteiger partial charge in [-0.05, 0) is 55.3 Å². The fourth-order valence-electron chi connectivity index (χ4n) is 4.23. The summed E-state index contributed by atoms with van der Waals surface area (Å²) in [6.45, 7) is -0.0298. The van der Waals surface area contributed by atoms with E-state index in [4.69, 9.17) is 15.6 Å². The number of fused-ring (bicyclic) bond motifs is 1. The Morgan fingerprint density at radius 1 is 1.12 bits per heavy atom. The van der Waals surface area contributed by atoms with Crippen molar-refractivity contribution in [2.45, 2.75) is 32.0 Å². The molecular formula is C29H27F2N5O6. The van der Waals surface area contributed by atoms with Crippen molar-refractivity contribution in [1.82, 2.24) is 14.9 Å². The Bertz CT molecular complexity index is 1710. The van der Waals surface area contributed by atoms with Crippen LogP contribution in [0.15, 0.2) is 77.7 Å². The number of benzene rings is 2. The summed E-state index contributed by atoms with van der Waals surface area (Å²) in [5.41, 5.74) is 5.87. The fraction of sp³-hybridized carbons (Fsp3) is 0.172. The number of carbonyl (C=O) groups excluding carboxylic acids is 2. The van der Waals surface area contributed by atoms with Gasteiger partial charge in [0.1, 0.15) is 35.7 Å². The Labute approximate surface area is 237 Å². The van der Waals surface area contributed by atoms with Gasteiger partial charge in [-0.2, -0.15) is 0 Å². The molecular weight excluding hydrogens is 552 g/mol. The molecule has 42 heavy (non-hydrogen) atoms. The molecule has 0 fully saturated rings. The van der Waals surface area contributed by atoms with Crippen LogP contribution in [0.25, 0.3) is 10.9 Å². The maximum absolute atomic E-state index is 14.0. The third-order valence-corrected chi connectivity index (χ3v) is 6.21. The molecule has 6 N–H and O–H groups in total. The number of aromatic amines is 1. The molecule has 218 valence electrons. The summed E-state index contributed by atoms with van der Waals surface area (Å²) in [5, 5.41) is 14.4. The predicted octanol–water partition coefficient (Wildman–Crippen LogP) is 3.63. The molecule has 2 aromatic carbocycles. The van der Waals surface area contributed by atoms with Gasteiger partial charge in [-0.3, -0.25) is 14.4 Å². The second-order valence-corrected chi connectivity index (χ2v) is 9.27. The number of hydrogen-bond donors (Lipinski definition) is 5. The summed E-state index contributed by atoms with van der Waals surface area (Å²) in [6.07, 6.45) is 2.83. The first-order valence-electron chi connectivity index (χ1n) is 12.7. The summed E-state index contributed by atoms with van der Waals surface area (Å²) < 4.78 is 34.4. The van der Waals surface area contributed by atoms with Gasteiger partial charge in [-0.25, -0.2) is 13.6 Å². The minimum Gasteiger partial charge on any atom is -0.487 e. The molecule has 0 aliphatic heterocycles. The van der Waals surface area contributed by atoms with Crippen LogP contribution >= 0.6 is 0 Å². The average molecular weight is 580 g/mol. The summed E-state index contributed by atoms with van der Waals surface area (Å²) in [4.78, 5) is 51.1. The normalized spacial score (nSPS) is 11.9. The zero-order valence-electron chi connectivity index (χ0n) is 22.1. The van der Waals surface area contributed by atoms with Gasteiger partial charge in [-0.15, -0.1) is 0 Å². The third kappa shape index (κ3) is 7.59. The van der Waals surface area contributed by atoms with Crippen molar-refractivity contribution >= 4 is 34.5 Å². The van der Waals surface area contributed by atoms with Crippen LogP contribution < -0.4 is 26.7 Å². The number of hydrogen-bond acceptors (Lipinski definition) is 5. The average Bonchev–Trinajstić information content (AvgIpc) is 3.35. The molecule has 0 spiro atoms. The first-order valence-corrected chi connectivity index (χ1v) is 12.7. The summed E-state index contributed by atoms with van der Waals surface area (Å²) >= 11 is 0. The molecule has 1 atom stereocenters. The van der Waals surface area contributed by atoms with E-state index in [1.165, 1.54) is 29.0 Å². The van der Waals surface area contributed by atoms with Gasteiger partial charge >= 0.3 is 6.09 Å². The number of nitrogens with zero attached hydrogens (tertiary/aromatic N) is 1. The molecule has 3 amide bonds. The van der Waals surface area contributed by atoms with Crippen molar-refractivity contribution in [2.24, 2.45) is 5.73 Å². The number of para-hydroxylation sites is 1. The number of amides is 3. The minimum atomic E-state index is -1.43. The lowest BCUT2D eigenvalue weighted by atomic mass is 10.1. The lowest BCUT2D eigenvalue weighted by Gasteiger charge is -2.16. The summed E-state index contributed by atoms with van der Waals surface area (Å²) in [6, 6.07) is 12.1. The quantitative estimate of drug-likeness (QED) is 0.161. The maximum atomic E-state index is 14.0. The lowest BCUT2D eigenvalue weighted by Crippen LogP contribution is -2.44. The number of aromatic nitrogens is 2. The molecule has 0 saturated carbocycles. The van der Waals surface area contributed by atoms with Gasteiger partial charge in [0.2, 0.25) is 11.8 Å². The first kappa shape index (κ1) is 29.5. The number of primary amides is 1. The standard InChI is InChI=1S/C29H27F2N5O6/c30-19-11-10-18(21(31)14-19)16-42-24-8-3-5-17-13-20(33-26(17)24)15-36-12-4-7-23(28(36)39)34-27(38)22(35-29(40)41)6-1-2-9-25(32)37/h2-5,7-14,22,33,35H,1,6,15-16H2,(H2,32,37)(H,34,38)(H,40,41). The molecule has 0 aliphatic rings. The van der Waals surface area contributed by atoms with Gasteiger partial charge in [0.05, 0.1) is 12.1 Å². The van der Waals surface area contributed by atoms with Gasteiger partial charge < -0.3 is 35.8 Å². The third-order valence-electron chi connectivity index (χ3n) is 6.21. The monoisotopic (exact) mass is 579 g/mol. The zero-order valence-corrected chi connectivity index (χ0v) is 22.1. The van der Waals surface area contributed by atoms with Crippen LogP contribution in [0, 0.1) is 11.6 Å². The second-order valence-electron chi connectivity index (χ2n) is 9.27. The van der Waals surface area contributed by atoms with E-state index < -0.39 is 41.1 Å². The van der Waals surface area contributed by atoms with Crippen molar-refractivity contribution in [3.8, 4) is 5.75 Å². The van der Waals surface area contributed by atoms with Crippen LogP contribution in [0.1, 0.15) is 24.1 Å². The smallest absolute Gasteiger partial charge is 0.405 e. The van der Waals surface area contributed by atoms with Crippen molar-refractivity contribution < 1.29 is 33.0 Å². The number of pyridine rings is 1. The highest BCUT2D eigenvalue weighted by Crippen LogP contribution is 2.27. The van der Waals surface area contributed by atoms with E-state index in [2.05, 4.69) is 15.6 Å². The Morgan fingerprint density at radius 3 is 2.67 bits per heavy atom. The molecule has 0 aliphatic carbocycles. The van der Waals surface area contributed by atoms with Crippen LogP contribution in [0.3, 0.4) is 0 Å². The zero-order chi connectivity index (χ0) is 30.2. The molecule has 13 heteroatoms. The van der Waals surface area contributed by atoms with Gasteiger partial charge in [0.15, 0.2) is 0 Å². The summed E-state index contributed by atoms with van der Waals surface area (Å²) in [7, 11) is 0. The Balaban J connectivity index is 1.48. The molecule has 2 heterocycles. The van der Waals surface area contributed by atoms with E-state index in [1.807, 2.05) is 12.1 Å². The number of carbonyl (C=O) groups is 3. The Hall–Kier alpha value is -5.46. The van der Waals surface area contributed by atoms with Crippen LogP contribution in [0.4, 0.5) is 19.3 Å². The van der Waals surface area contributed by atoms with E-state index in [0.29, 0.717) is 17.0 Å². The highest BCUT2D eigenvalue weighted by molar-refractivity contribution is 5.96. The molecule has 0 radical (unpaired) electrons. The minimum absolute atomic E-state index is 0.0240. The number of H-pyrrole nitrogens is 1. The van der Waals surface area contributed by atoms with Crippen LogP contribution in [-0.4, -0.2) is 38.6 Å². The van der Waals surface area contributed by atoms with Crippen LogP contribution in [0.5, 0.6) is 5.75 Å². The van der Waals surface area contributed by atoms with E-state index in [1.54, 1.807) is 18.2 Å². The van der Waals surface area contributed by atoms with Gasteiger partial charge in [0, 0.05) is 28.9 Å². The van der Waals surface area contributed by atoms with E-state index >= 15 is 0 Å². The predicted molar refractivity (Wildman–Crippen MR) is 150 cm³/mol. The van der Waals surface area contributed by atoms with Crippen molar-refractivity contribution in [3.63, 3.8) is 0 Å². The highest BCUT2D eigenvalue weighted by Gasteiger charge is 2.21. The molecule has 4 aromatic rings. The highest BCUT2D eigenvalue weighted by atomic mass is 19.1. The van der Waals surface area contributed by atoms with E-state index in [0.717, 1.165) is 23.6 Å². The molecule has 0 bridgehead atoms.